The Hall–Kier alpha value is -4.28. The van der Waals surface area contributed by atoms with Crippen molar-refractivity contribution in [2.75, 3.05) is 20.6 Å². The lowest BCUT2D eigenvalue weighted by Crippen LogP contribution is -2.36. The number of fused-ring (bicyclic) bond motifs is 1. The normalized spacial score (nSPS) is 16.6. The van der Waals surface area contributed by atoms with Crippen LogP contribution in [0.5, 0.6) is 0 Å². The molecule has 234 valence electrons. The van der Waals surface area contributed by atoms with E-state index < -0.39 is 29.2 Å². The van der Waals surface area contributed by atoms with Crippen molar-refractivity contribution in [2.45, 2.75) is 56.5 Å². The Bertz CT molecular complexity index is 1800. The number of carbonyl (C=O) groups excluding carboxylic acids is 1. The first-order valence-corrected chi connectivity index (χ1v) is 15.1. The van der Waals surface area contributed by atoms with Gasteiger partial charge in [-0.3, -0.25) is 9.59 Å². The second-order valence-corrected chi connectivity index (χ2v) is 12.3. The van der Waals surface area contributed by atoms with Crippen molar-refractivity contribution in [1.82, 2.24) is 19.8 Å². The van der Waals surface area contributed by atoms with Gasteiger partial charge in [-0.1, -0.05) is 54.6 Å². The Labute approximate surface area is 259 Å². The van der Waals surface area contributed by atoms with E-state index in [-0.39, 0.29) is 24.2 Å². The summed E-state index contributed by atoms with van der Waals surface area (Å²) in [5, 5.41) is 10.7. The standard InChI is InChI=1S/C35H35F3N4O3/c1-41(2)20-22-7-3-8-23(17-22)24-9-4-11-26(18-24)34(14-15-34)33-39-29-13-6-16-42(21-28(29)31(44)40-33)32(45)30(43)25-10-5-12-27(19-25)35(36,37)38/h3-5,7-12,17-19,30,43H,6,13-16,20-21H2,1-2H3,(H,39,40,44)/t30-/m1/s1. The zero-order chi connectivity index (χ0) is 31.9. The summed E-state index contributed by atoms with van der Waals surface area (Å²) < 4.78 is 39.6. The molecule has 0 radical (unpaired) electrons. The number of aryl methyl sites for hydroxylation is 1. The number of nitrogens with one attached hydrogen (secondary N) is 1. The predicted molar refractivity (Wildman–Crippen MR) is 164 cm³/mol. The van der Waals surface area contributed by atoms with E-state index in [4.69, 9.17) is 4.98 Å². The molecule has 0 spiro atoms. The third-order valence-corrected chi connectivity index (χ3v) is 8.74. The zero-order valence-electron chi connectivity index (χ0n) is 25.2. The number of aromatic nitrogens is 2. The largest absolute Gasteiger partial charge is 0.416 e. The van der Waals surface area contributed by atoms with Gasteiger partial charge < -0.3 is 19.9 Å². The fourth-order valence-corrected chi connectivity index (χ4v) is 6.23. The van der Waals surface area contributed by atoms with Gasteiger partial charge in [0.1, 0.15) is 5.82 Å². The van der Waals surface area contributed by atoms with Gasteiger partial charge >= 0.3 is 6.18 Å². The monoisotopic (exact) mass is 616 g/mol. The first-order valence-electron chi connectivity index (χ1n) is 15.1. The van der Waals surface area contributed by atoms with Gasteiger partial charge in [0.05, 0.1) is 28.8 Å². The molecule has 1 fully saturated rings. The maximum Gasteiger partial charge on any atom is 0.416 e. The van der Waals surface area contributed by atoms with E-state index in [1.807, 2.05) is 20.2 Å². The zero-order valence-corrected chi connectivity index (χ0v) is 25.2. The number of aliphatic hydroxyl groups excluding tert-OH is 1. The predicted octanol–water partition coefficient (Wildman–Crippen LogP) is 5.61. The Balaban J connectivity index is 1.25. The summed E-state index contributed by atoms with van der Waals surface area (Å²) in [5.41, 5.74) is 3.60. The molecule has 6 rings (SSSR count). The Morgan fingerprint density at radius 3 is 2.47 bits per heavy atom. The molecular formula is C35H35F3N4O3. The molecule has 7 nitrogen and oxygen atoms in total. The van der Waals surface area contributed by atoms with Gasteiger partial charge in [-0.05, 0) is 85.8 Å². The minimum Gasteiger partial charge on any atom is -0.378 e. The number of H-pyrrole nitrogens is 1. The Morgan fingerprint density at radius 1 is 1.04 bits per heavy atom. The first-order chi connectivity index (χ1) is 21.4. The Morgan fingerprint density at radius 2 is 1.76 bits per heavy atom. The molecule has 3 aromatic carbocycles. The second kappa shape index (κ2) is 11.9. The van der Waals surface area contributed by atoms with E-state index in [9.17, 15) is 27.9 Å². The highest BCUT2D eigenvalue weighted by molar-refractivity contribution is 5.82. The van der Waals surface area contributed by atoms with E-state index >= 15 is 0 Å². The lowest BCUT2D eigenvalue weighted by molar-refractivity contribution is -0.142. The van der Waals surface area contributed by atoms with Crippen LogP contribution in [0.1, 0.15) is 64.7 Å². The minimum atomic E-state index is -4.60. The SMILES string of the molecule is CN(C)Cc1cccc(-c2cccc(C3(c4nc5c(c(=O)[nH]4)CN(C(=O)[C@H](O)c4cccc(C(F)(F)F)c4)CCC5)CC3)c2)c1. The van der Waals surface area contributed by atoms with Crippen molar-refractivity contribution in [3.05, 3.63) is 122 Å². The van der Waals surface area contributed by atoms with E-state index in [0.29, 0.717) is 29.9 Å². The highest BCUT2D eigenvalue weighted by Crippen LogP contribution is 2.52. The molecule has 2 heterocycles. The van der Waals surface area contributed by atoms with Crippen molar-refractivity contribution in [2.24, 2.45) is 0 Å². The number of nitrogens with zero attached hydrogens (tertiary/aromatic N) is 3. The van der Waals surface area contributed by atoms with Gasteiger partial charge in [-0.2, -0.15) is 13.2 Å². The van der Waals surface area contributed by atoms with Crippen LogP contribution in [0, 0.1) is 0 Å². The van der Waals surface area contributed by atoms with Crippen LogP contribution in [-0.4, -0.2) is 51.4 Å². The highest BCUT2D eigenvalue weighted by atomic mass is 19.4. The lowest BCUT2D eigenvalue weighted by Gasteiger charge is -2.24. The van der Waals surface area contributed by atoms with Gasteiger partial charge in [0.15, 0.2) is 6.10 Å². The second-order valence-electron chi connectivity index (χ2n) is 12.3. The van der Waals surface area contributed by atoms with Gasteiger partial charge in [-0.15, -0.1) is 0 Å². The van der Waals surface area contributed by atoms with E-state index in [1.54, 1.807) is 0 Å². The quantitative estimate of drug-likeness (QED) is 0.282. The average molecular weight is 617 g/mol. The van der Waals surface area contributed by atoms with Crippen LogP contribution in [0.25, 0.3) is 11.1 Å². The number of rotatable bonds is 7. The van der Waals surface area contributed by atoms with Crippen LogP contribution >= 0.6 is 0 Å². The van der Waals surface area contributed by atoms with Gasteiger partial charge in [0.2, 0.25) is 0 Å². The van der Waals surface area contributed by atoms with Crippen molar-refractivity contribution < 1.29 is 23.1 Å². The molecular weight excluding hydrogens is 581 g/mol. The van der Waals surface area contributed by atoms with Crippen LogP contribution in [-0.2, 0) is 35.9 Å². The molecule has 1 aliphatic carbocycles. The summed E-state index contributed by atoms with van der Waals surface area (Å²) in [6.45, 7) is 0.990. The van der Waals surface area contributed by atoms with Crippen LogP contribution < -0.4 is 5.56 Å². The topological polar surface area (TPSA) is 89.5 Å². The van der Waals surface area contributed by atoms with Crippen molar-refractivity contribution in [3.8, 4) is 11.1 Å². The summed E-state index contributed by atoms with van der Waals surface area (Å²) in [6, 6.07) is 20.9. The molecule has 1 amide bonds. The molecule has 1 aliphatic heterocycles. The number of benzene rings is 3. The molecule has 1 saturated carbocycles. The highest BCUT2D eigenvalue weighted by Gasteiger charge is 2.49. The maximum absolute atomic E-state index is 13.5. The number of alkyl halides is 3. The smallest absolute Gasteiger partial charge is 0.378 e. The van der Waals surface area contributed by atoms with Crippen molar-refractivity contribution >= 4 is 5.91 Å². The van der Waals surface area contributed by atoms with Gasteiger partial charge in [-0.25, -0.2) is 4.98 Å². The molecule has 10 heteroatoms. The maximum atomic E-state index is 13.5. The number of aromatic amines is 1. The molecule has 2 N–H and O–H groups in total. The van der Waals surface area contributed by atoms with E-state index in [0.717, 1.165) is 54.3 Å². The molecule has 0 saturated heterocycles. The molecule has 2 aliphatic rings. The fraction of sp³-hybridized carbons (Fsp3) is 0.343. The Kier molecular flexibility index (Phi) is 8.13. The van der Waals surface area contributed by atoms with Crippen LogP contribution in [0.2, 0.25) is 0 Å². The van der Waals surface area contributed by atoms with Crippen LogP contribution in [0.3, 0.4) is 0 Å². The lowest BCUT2D eigenvalue weighted by atomic mass is 9.91. The van der Waals surface area contributed by atoms with Crippen molar-refractivity contribution in [3.63, 3.8) is 0 Å². The fourth-order valence-electron chi connectivity index (χ4n) is 6.23. The van der Waals surface area contributed by atoms with Crippen LogP contribution in [0.4, 0.5) is 13.2 Å². The number of aliphatic hydroxyl groups is 1. The third-order valence-electron chi connectivity index (χ3n) is 8.74. The number of carbonyl (C=O) groups is 1. The number of hydrogen-bond acceptors (Lipinski definition) is 5. The van der Waals surface area contributed by atoms with E-state index in [2.05, 4.69) is 52.3 Å². The first kappa shape index (κ1) is 30.7. The molecule has 0 bridgehead atoms. The number of halogens is 3. The number of amides is 1. The minimum absolute atomic E-state index is 0.0847. The molecule has 1 atom stereocenters. The summed E-state index contributed by atoms with van der Waals surface area (Å²) >= 11 is 0. The van der Waals surface area contributed by atoms with Gasteiger partial charge in [0, 0.05) is 13.1 Å². The molecule has 4 aromatic rings. The summed E-state index contributed by atoms with van der Waals surface area (Å²) in [6.07, 6.45) is -3.75. The summed E-state index contributed by atoms with van der Waals surface area (Å²) in [4.78, 5) is 38.1. The molecule has 1 aromatic heterocycles. The van der Waals surface area contributed by atoms with Crippen LogP contribution in [0.15, 0.2) is 77.6 Å². The average Bonchev–Trinajstić information content (AvgIpc) is 3.85. The molecule has 0 unspecified atom stereocenters. The van der Waals surface area contributed by atoms with Gasteiger partial charge in [0.25, 0.3) is 11.5 Å². The van der Waals surface area contributed by atoms with Crippen molar-refractivity contribution in [1.29, 1.82) is 0 Å². The third kappa shape index (κ3) is 6.30. The van der Waals surface area contributed by atoms with E-state index in [1.165, 1.54) is 16.5 Å². The number of hydrogen-bond donors (Lipinski definition) is 2. The summed E-state index contributed by atoms with van der Waals surface area (Å²) in [7, 11) is 4.08. The summed E-state index contributed by atoms with van der Waals surface area (Å²) in [5.74, 6) is -0.149. The molecule has 45 heavy (non-hydrogen) atoms.